The van der Waals surface area contributed by atoms with Gasteiger partial charge in [-0.05, 0) is 0 Å². The fourth-order valence-electron chi connectivity index (χ4n) is 0. The van der Waals surface area contributed by atoms with Gasteiger partial charge in [-0.25, -0.2) is 0 Å². The molecule has 0 nitrogen and oxygen atoms in total. The fourth-order valence-corrected chi connectivity index (χ4v) is 0. The molecule has 0 fully saturated rings. The Hall–Kier alpha value is 2.97. The summed E-state index contributed by atoms with van der Waals surface area (Å²) in [5.74, 6) is 0. The van der Waals surface area contributed by atoms with Crippen molar-refractivity contribution in [2.24, 2.45) is 0 Å². The Morgan fingerprint density at radius 3 is 0.500 bits per heavy atom. The van der Waals surface area contributed by atoms with Crippen LogP contribution in [0.25, 0.3) is 0 Å². The smallest absolute Gasteiger partial charge is 0 e. The van der Waals surface area contributed by atoms with Gasteiger partial charge in [0, 0.05) is 93.8 Å². The molecule has 0 aliphatic rings. The van der Waals surface area contributed by atoms with Crippen LogP contribution in [0.15, 0.2) is 0 Å². The zero-order valence-electron chi connectivity index (χ0n) is 2.23. The molecule has 0 aliphatic heterocycles. The van der Waals surface area contributed by atoms with Crippen molar-refractivity contribution in [2.45, 2.75) is 0 Å². The molecule has 0 saturated carbocycles. The van der Waals surface area contributed by atoms with Gasteiger partial charge in [0.05, 0.1) is 0 Å². The van der Waals surface area contributed by atoms with Crippen LogP contribution in [-0.4, -0.2) is 52.1 Å². The second-order valence-electron chi connectivity index (χ2n) is 0. The molecule has 4 heavy (non-hydrogen) atoms. The van der Waals surface area contributed by atoms with Crippen LogP contribution in [0.4, 0.5) is 0 Å². The SMILES string of the molecule is [Al].[Al].[Al].[Ce]. The van der Waals surface area contributed by atoms with Crippen molar-refractivity contribution in [2.75, 3.05) is 0 Å². The van der Waals surface area contributed by atoms with E-state index in [4.69, 9.17) is 0 Å². The van der Waals surface area contributed by atoms with Gasteiger partial charge in [0.1, 0.15) is 0 Å². The van der Waals surface area contributed by atoms with Crippen molar-refractivity contribution >= 4 is 52.1 Å². The molecule has 0 N–H and O–H groups in total. The van der Waals surface area contributed by atoms with Crippen LogP contribution in [0.5, 0.6) is 0 Å². The third kappa shape index (κ3) is 8.88. The summed E-state index contributed by atoms with van der Waals surface area (Å²) in [5, 5.41) is 0. The van der Waals surface area contributed by atoms with E-state index in [1.807, 2.05) is 0 Å². The van der Waals surface area contributed by atoms with Crippen LogP contribution >= 0.6 is 0 Å². The number of hydrogen-bond donors (Lipinski definition) is 0. The van der Waals surface area contributed by atoms with Gasteiger partial charge in [0.15, 0.2) is 0 Å². The summed E-state index contributed by atoms with van der Waals surface area (Å²) < 4.78 is 0. The minimum absolute atomic E-state index is 0. The Kier molecular flexibility index (Phi) is 118. The van der Waals surface area contributed by atoms with Crippen molar-refractivity contribution in [3.05, 3.63) is 0 Å². The Bertz CT molecular complexity index is 3.25. The normalized spacial score (nSPS) is 0. The predicted octanol–water partition coefficient (Wildman–Crippen LogP) is -1.14. The molecule has 0 bridgehead atoms. The molecule has 0 aromatic carbocycles. The molecular formula is Al3Ce. The van der Waals surface area contributed by atoms with Gasteiger partial charge in [-0.3, -0.25) is 0 Å². The Morgan fingerprint density at radius 1 is 0.500 bits per heavy atom. The van der Waals surface area contributed by atoms with E-state index in [-0.39, 0.29) is 93.8 Å². The maximum Gasteiger partial charge on any atom is 0 e. The van der Waals surface area contributed by atoms with Crippen LogP contribution in [0.2, 0.25) is 0 Å². The molecule has 0 rings (SSSR count). The molecule has 0 aromatic heterocycles. The average Bonchev–Trinajstić information content (AvgIpc) is 0. The van der Waals surface area contributed by atoms with Crippen LogP contribution in [0, 0.1) is 41.7 Å². The van der Waals surface area contributed by atoms with Gasteiger partial charge >= 0.3 is 0 Å². The quantitative estimate of drug-likeness (QED) is 0.453. The van der Waals surface area contributed by atoms with E-state index >= 15 is 0 Å². The van der Waals surface area contributed by atoms with E-state index < -0.39 is 0 Å². The fraction of sp³-hybridized carbons (Fsp3) is 0. The van der Waals surface area contributed by atoms with Gasteiger partial charge in [0.2, 0.25) is 0 Å². The van der Waals surface area contributed by atoms with Crippen LogP contribution in [-0.2, 0) is 0 Å². The predicted molar refractivity (Wildman–Crippen MR) is 17.3 cm³/mol. The maximum atomic E-state index is 0. The van der Waals surface area contributed by atoms with E-state index in [1.54, 1.807) is 0 Å². The standard InChI is InChI=1S/3Al.Ce. The van der Waals surface area contributed by atoms with Gasteiger partial charge in [0.25, 0.3) is 0 Å². The molecule has 0 unspecified atom stereocenters. The molecule has 0 aromatic rings. The summed E-state index contributed by atoms with van der Waals surface area (Å²) in [7, 11) is 0. The second-order valence-corrected chi connectivity index (χ2v) is 0. The second kappa shape index (κ2) is 16.7. The van der Waals surface area contributed by atoms with E-state index in [2.05, 4.69) is 0 Å². The molecule has 0 amide bonds. The summed E-state index contributed by atoms with van der Waals surface area (Å²) in [6.45, 7) is 0. The van der Waals surface area contributed by atoms with E-state index in [0.717, 1.165) is 0 Å². The van der Waals surface area contributed by atoms with Crippen molar-refractivity contribution < 1.29 is 41.7 Å². The topological polar surface area (TPSA) is 0 Å². The summed E-state index contributed by atoms with van der Waals surface area (Å²) in [6.07, 6.45) is 0. The molecule has 0 atom stereocenters. The minimum Gasteiger partial charge on any atom is 0 e. The summed E-state index contributed by atoms with van der Waals surface area (Å²) >= 11 is 0. The molecular weight excluding hydrogens is 221 g/mol. The number of rotatable bonds is 0. The minimum atomic E-state index is 0. The van der Waals surface area contributed by atoms with Crippen LogP contribution in [0.3, 0.4) is 0 Å². The summed E-state index contributed by atoms with van der Waals surface area (Å²) in [6, 6.07) is 0. The zero-order chi connectivity index (χ0) is 0. The summed E-state index contributed by atoms with van der Waals surface area (Å²) in [5.41, 5.74) is 0. The van der Waals surface area contributed by atoms with Crippen molar-refractivity contribution in [3.63, 3.8) is 0 Å². The maximum absolute atomic E-state index is 0. The van der Waals surface area contributed by atoms with Crippen LogP contribution < -0.4 is 0 Å². The first kappa shape index (κ1) is 28.1. The first-order valence-corrected chi connectivity index (χ1v) is 0. The van der Waals surface area contributed by atoms with Gasteiger partial charge in [-0.15, -0.1) is 0 Å². The Balaban J connectivity index is 0. The van der Waals surface area contributed by atoms with E-state index in [9.17, 15) is 0 Å². The first-order chi connectivity index (χ1) is 0. The molecule has 0 aliphatic carbocycles. The first-order valence-electron chi connectivity index (χ1n) is 0. The van der Waals surface area contributed by atoms with E-state index in [1.165, 1.54) is 0 Å². The van der Waals surface area contributed by atoms with Gasteiger partial charge in [-0.2, -0.15) is 0 Å². The Morgan fingerprint density at radius 2 is 0.500 bits per heavy atom. The van der Waals surface area contributed by atoms with Crippen molar-refractivity contribution in [3.8, 4) is 0 Å². The molecule has 4 heteroatoms. The zero-order valence-corrected chi connectivity index (χ0v) is 8.84. The van der Waals surface area contributed by atoms with Gasteiger partial charge < -0.3 is 0 Å². The van der Waals surface area contributed by atoms with Crippen molar-refractivity contribution in [1.82, 2.24) is 0 Å². The molecule has 0 spiro atoms. The van der Waals surface area contributed by atoms with Gasteiger partial charge in [-0.1, -0.05) is 0 Å². The molecule has 9 radical (unpaired) electrons. The van der Waals surface area contributed by atoms with Crippen molar-refractivity contribution in [1.29, 1.82) is 0 Å². The molecule has 13 valence electrons. The average molecular weight is 221 g/mol. The Labute approximate surface area is 91.9 Å². The molecule has 0 saturated heterocycles. The van der Waals surface area contributed by atoms with E-state index in [0.29, 0.717) is 0 Å². The third-order valence-corrected chi connectivity index (χ3v) is 0. The number of hydrogen-bond acceptors (Lipinski definition) is 0. The van der Waals surface area contributed by atoms with Crippen LogP contribution in [0.1, 0.15) is 0 Å². The monoisotopic (exact) mass is 221 g/mol. The largest absolute Gasteiger partial charge is 0 e. The molecule has 0 heterocycles. The summed E-state index contributed by atoms with van der Waals surface area (Å²) in [4.78, 5) is 0. The third-order valence-electron chi connectivity index (χ3n) is 0.